The lowest BCUT2D eigenvalue weighted by atomic mass is 9.96. The number of benzene rings is 1. The van der Waals surface area contributed by atoms with Crippen LogP contribution in [0.4, 0.5) is 0 Å². The van der Waals surface area contributed by atoms with Gasteiger partial charge in [0.05, 0.1) is 18.8 Å². The third-order valence-electron chi connectivity index (χ3n) is 4.43. The highest BCUT2D eigenvalue weighted by atomic mass is 32.2. The minimum atomic E-state index is -0.0459. The van der Waals surface area contributed by atoms with E-state index in [4.69, 9.17) is 9.73 Å². The van der Waals surface area contributed by atoms with Gasteiger partial charge in [0.2, 0.25) is 0 Å². The lowest BCUT2D eigenvalue weighted by Gasteiger charge is -2.27. The average Bonchev–Trinajstić information content (AvgIpc) is 3.12. The van der Waals surface area contributed by atoms with Gasteiger partial charge in [-0.15, -0.1) is 0 Å². The Hall–Kier alpha value is -2.21. The largest absolute Gasteiger partial charge is 0.504 e. The van der Waals surface area contributed by atoms with E-state index >= 15 is 0 Å². The Kier molecular flexibility index (Phi) is 3.84. The Balaban J connectivity index is 1.78. The second kappa shape index (κ2) is 6.02. The molecule has 124 valence electrons. The van der Waals surface area contributed by atoms with Gasteiger partial charge in [-0.25, -0.2) is 0 Å². The van der Waals surface area contributed by atoms with Crippen LogP contribution >= 0.6 is 11.8 Å². The molecule has 0 radical (unpaired) electrons. The summed E-state index contributed by atoms with van der Waals surface area (Å²) in [4.78, 5) is 11.8. The van der Waals surface area contributed by atoms with Gasteiger partial charge < -0.3 is 14.7 Å². The van der Waals surface area contributed by atoms with E-state index in [-0.39, 0.29) is 17.8 Å². The van der Waals surface area contributed by atoms with Crippen molar-refractivity contribution >= 4 is 16.9 Å². The van der Waals surface area contributed by atoms with Gasteiger partial charge in [-0.3, -0.25) is 9.98 Å². The summed E-state index contributed by atoms with van der Waals surface area (Å²) in [5.41, 5.74) is 2.04. The summed E-state index contributed by atoms with van der Waals surface area (Å²) in [6.07, 6.45) is 1.81. The van der Waals surface area contributed by atoms with Crippen molar-refractivity contribution in [3.63, 3.8) is 0 Å². The predicted octanol–water partition coefficient (Wildman–Crippen LogP) is 3.39. The van der Waals surface area contributed by atoms with Crippen molar-refractivity contribution in [3.05, 3.63) is 53.9 Å². The van der Waals surface area contributed by atoms with Crippen molar-refractivity contribution in [2.24, 2.45) is 4.99 Å². The lowest BCUT2D eigenvalue weighted by Crippen LogP contribution is -2.28. The highest BCUT2D eigenvalue weighted by Crippen LogP contribution is 2.48. The zero-order valence-electron chi connectivity index (χ0n) is 13.6. The summed E-state index contributed by atoms with van der Waals surface area (Å²) >= 11 is 1.81. The van der Waals surface area contributed by atoms with E-state index in [9.17, 15) is 5.11 Å². The number of aromatic nitrogens is 1. The predicted molar refractivity (Wildman–Crippen MR) is 95.6 cm³/mol. The molecule has 1 aromatic heterocycles. The monoisotopic (exact) mass is 341 g/mol. The van der Waals surface area contributed by atoms with Crippen LogP contribution in [0.25, 0.3) is 0 Å². The van der Waals surface area contributed by atoms with Crippen LogP contribution in [0.15, 0.2) is 47.6 Å². The maximum atomic E-state index is 9.91. The first-order valence-corrected chi connectivity index (χ1v) is 8.84. The van der Waals surface area contributed by atoms with Crippen LogP contribution in [0.2, 0.25) is 0 Å². The molecule has 2 aliphatic heterocycles. The number of aliphatic imine (C=N–C) groups is 1. The molecule has 0 saturated carbocycles. The second-order valence-electron chi connectivity index (χ2n) is 6.07. The number of fused-ring (bicyclic) bond motifs is 1. The molecule has 1 N–H and O–H groups in total. The van der Waals surface area contributed by atoms with Gasteiger partial charge in [-0.05, 0) is 29.8 Å². The first kappa shape index (κ1) is 15.3. The van der Waals surface area contributed by atoms with Crippen molar-refractivity contribution in [3.8, 4) is 11.5 Å². The summed E-state index contributed by atoms with van der Waals surface area (Å²) in [7, 11) is 1.57. The maximum absolute atomic E-state index is 9.91. The molecule has 0 unspecified atom stereocenters. The summed E-state index contributed by atoms with van der Waals surface area (Å²) in [5.74, 6) is 0.638. The molecule has 2 aliphatic rings. The normalized spacial score (nSPS) is 25.5. The summed E-state index contributed by atoms with van der Waals surface area (Å²) < 4.78 is 5.29. The van der Waals surface area contributed by atoms with Crippen LogP contribution in [0.3, 0.4) is 0 Å². The molecule has 2 aromatic rings. The molecule has 6 heteroatoms. The van der Waals surface area contributed by atoms with E-state index in [1.165, 1.54) is 0 Å². The Bertz CT molecular complexity index is 781. The quantitative estimate of drug-likeness (QED) is 0.927. The van der Waals surface area contributed by atoms with Gasteiger partial charge in [0.1, 0.15) is 6.04 Å². The van der Waals surface area contributed by atoms with Crippen LogP contribution in [0.5, 0.6) is 11.5 Å². The zero-order valence-corrected chi connectivity index (χ0v) is 14.4. The fourth-order valence-electron chi connectivity index (χ4n) is 3.36. The molecule has 0 amide bonds. The molecule has 4 rings (SSSR count). The van der Waals surface area contributed by atoms with Gasteiger partial charge in [0.25, 0.3) is 0 Å². The molecule has 5 nitrogen and oxygen atoms in total. The van der Waals surface area contributed by atoms with E-state index in [2.05, 4.69) is 16.8 Å². The average molecular weight is 341 g/mol. The Morgan fingerprint density at radius 2 is 2.17 bits per heavy atom. The summed E-state index contributed by atoms with van der Waals surface area (Å²) in [5, 5.41) is 11.5. The molecule has 0 bridgehead atoms. The van der Waals surface area contributed by atoms with E-state index < -0.39 is 0 Å². The number of hydrogen-bond donors (Lipinski definition) is 1. The van der Waals surface area contributed by atoms with Crippen molar-refractivity contribution in [2.75, 3.05) is 13.7 Å². The standard InChI is InChI=1S/C18H19N3O2S/c1-11-10-21-17(12-6-7-14(22)15(9-12)23-2)16(20-18(21)24-11)13-5-3-4-8-19-13/h3-9,11,16-17,22H,10H2,1-2H3/t11-,16-,17-/m1/s1. The minimum absolute atomic E-state index is 0.0459. The number of phenols is 1. The zero-order chi connectivity index (χ0) is 16.7. The smallest absolute Gasteiger partial charge is 0.160 e. The van der Waals surface area contributed by atoms with Crippen molar-refractivity contribution in [2.45, 2.75) is 24.3 Å². The van der Waals surface area contributed by atoms with Crippen LogP contribution in [-0.4, -0.2) is 39.1 Å². The molecule has 0 aliphatic carbocycles. The fourth-order valence-corrected chi connectivity index (χ4v) is 4.45. The first-order valence-electron chi connectivity index (χ1n) is 7.96. The highest BCUT2D eigenvalue weighted by molar-refractivity contribution is 8.14. The van der Waals surface area contributed by atoms with Gasteiger partial charge >= 0.3 is 0 Å². The van der Waals surface area contributed by atoms with Crippen LogP contribution in [0, 0.1) is 0 Å². The number of aromatic hydroxyl groups is 1. The number of nitrogens with zero attached hydrogens (tertiary/aromatic N) is 3. The van der Waals surface area contributed by atoms with Crippen LogP contribution < -0.4 is 4.74 Å². The Morgan fingerprint density at radius 1 is 1.29 bits per heavy atom. The molecule has 1 saturated heterocycles. The van der Waals surface area contributed by atoms with E-state index in [1.807, 2.05) is 48.3 Å². The number of rotatable bonds is 3. The Labute approximate surface area is 145 Å². The van der Waals surface area contributed by atoms with Gasteiger partial charge in [0, 0.05) is 18.0 Å². The molecule has 24 heavy (non-hydrogen) atoms. The van der Waals surface area contributed by atoms with Crippen LogP contribution in [-0.2, 0) is 0 Å². The third-order valence-corrected chi connectivity index (χ3v) is 5.53. The summed E-state index contributed by atoms with van der Waals surface area (Å²) in [6.45, 7) is 3.18. The van der Waals surface area contributed by atoms with Crippen LogP contribution in [0.1, 0.15) is 30.3 Å². The highest BCUT2D eigenvalue weighted by Gasteiger charge is 2.43. The number of methoxy groups -OCH3 is 1. The molecule has 3 atom stereocenters. The molecule has 0 spiro atoms. The molecule has 1 fully saturated rings. The second-order valence-corrected chi connectivity index (χ2v) is 7.47. The van der Waals surface area contributed by atoms with Crippen molar-refractivity contribution < 1.29 is 9.84 Å². The molecular formula is C18H19N3O2S. The first-order chi connectivity index (χ1) is 11.7. The number of thioether (sulfide) groups is 1. The topological polar surface area (TPSA) is 58.0 Å². The fraction of sp³-hybridized carbons (Fsp3) is 0.333. The number of ether oxygens (including phenoxy) is 1. The van der Waals surface area contributed by atoms with Crippen molar-refractivity contribution in [1.82, 2.24) is 9.88 Å². The molecule has 1 aromatic carbocycles. The lowest BCUT2D eigenvalue weighted by molar-refractivity contribution is 0.318. The SMILES string of the molecule is COc1cc([C@@H]2[C@@H](c3ccccn3)N=C3S[C@H](C)CN32)ccc1O. The summed E-state index contributed by atoms with van der Waals surface area (Å²) in [6, 6.07) is 11.5. The number of phenolic OH excluding ortho intramolecular Hbond substituents is 1. The van der Waals surface area contributed by atoms with E-state index in [0.717, 1.165) is 23.0 Å². The van der Waals surface area contributed by atoms with Gasteiger partial charge in [-0.2, -0.15) is 0 Å². The van der Waals surface area contributed by atoms with Crippen molar-refractivity contribution in [1.29, 1.82) is 0 Å². The third kappa shape index (κ3) is 2.51. The molecular weight excluding hydrogens is 322 g/mol. The number of pyridine rings is 1. The van der Waals surface area contributed by atoms with Gasteiger partial charge in [0.15, 0.2) is 16.7 Å². The van der Waals surface area contributed by atoms with Gasteiger partial charge in [-0.1, -0.05) is 30.8 Å². The Morgan fingerprint density at radius 3 is 2.92 bits per heavy atom. The number of hydrogen-bond acceptors (Lipinski definition) is 6. The van der Waals surface area contributed by atoms with E-state index in [1.54, 1.807) is 13.2 Å². The molecule has 3 heterocycles. The van der Waals surface area contributed by atoms with E-state index in [0.29, 0.717) is 11.0 Å². The maximum Gasteiger partial charge on any atom is 0.160 e. The number of amidine groups is 1. The minimum Gasteiger partial charge on any atom is -0.504 e.